The number of carbonyl (C=O) groups is 2. The average Bonchev–Trinajstić information content (AvgIpc) is 3.48. The first-order valence-corrected chi connectivity index (χ1v) is 8.31. The van der Waals surface area contributed by atoms with E-state index in [4.69, 9.17) is 0 Å². The quantitative estimate of drug-likeness (QED) is 0.844. The number of anilines is 2. The van der Waals surface area contributed by atoms with Crippen molar-refractivity contribution >= 4 is 29.0 Å². The number of nitrogens with zero attached hydrogens (tertiary/aromatic N) is 3. The van der Waals surface area contributed by atoms with Gasteiger partial charge in [0.1, 0.15) is 12.4 Å². The summed E-state index contributed by atoms with van der Waals surface area (Å²) in [7, 11) is 1.66. The molecule has 0 atom stereocenters. The lowest BCUT2D eigenvalue weighted by molar-refractivity contribution is -0.116. The number of hydrogen-bond acceptors (Lipinski definition) is 3. The monoisotopic (exact) mass is 352 g/mol. The molecule has 7 heteroatoms. The number of amides is 3. The Bertz CT molecular complexity index is 937. The van der Waals surface area contributed by atoms with Gasteiger partial charge in [0.05, 0.1) is 11.4 Å². The number of benzene rings is 2. The van der Waals surface area contributed by atoms with E-state index in [0.717, 1.165) is 13.1 Å². The zero-order chi connectivity index (χ0) is 18.3. The molecule has 4 rings (SSSR count). The number of rotatable bonds is 2. The molecule has 0 spiro atoms. The maximum Gasteiger partial charge on any atom is 0.321 e. The van der Waals surface area contributed by atoms with Gasteiger partial charge in [-0.1, -0.05) is 12.1 Å². The summed E-state index contributed by atoms with van der Waals surface area (Å²) in [5.74, 6) is -0.591. The van der Waals surface area contributed by atoms with Gasteiger partial charge in [0, 0.05) is 37.0 Å². The molecule has 0 unspecified atom stereocenters. The summed E-state index contributed by atoms with van der Waals surface area (Å²) in [6.07, 6.45) is 0. The van der Waals surface area contributed by atoms with Crippen LogP contribution in [-0.2, 0) is 4.79 Å². The van der Waals surface area contributed by atoms with Gasteiger partial charge in [-0.2, -0.15) is 0 Å². The Morgan fingerprint density at radius 3 is 2.65 bits per heavy atom. The smallest absolute Gasteiger partial charge is 0.321 e. The highest BCUT2D eigenvalue weighted by molar-refractivity contribution is 6.20. The Morgan fingerprint density at radius 2 is 1.92 bits per heavy atom. The fourth-order valence-electron chi connectivity index (χ4n) is 2.91. The minimum Gasteiger partial charge on any atom is -0.321 e. The van der Waals surface area contributed by atoms with E-state index in [1.807, 2.05) is 0 Å². The number of fused-ring (bicyclic) bond motifs is 1. The number of carbonyl (C=O) groups excluding carboxylic acids is 2. The summed E-state index contributed by atoms with van der Waals surface area (Å²) < 4.78 is 14.4. The van der Waals surface area contributed by atoms with Crippen molar-refractivity contribution in [3.8, 4) is 0 Å². The maximum absolute atomic E-state index is 14.4. The van der Waals surface area contributed by atoms with Crippen molar-refractivity contribution in [2.75, 3.05) is 36.9 Å². The summed E-state index contributed by atoms with van der Waals surface area (Å²) in [6.45, 7) is 1.43. The van der Waals surface area contributed by atoms with Gasteiger partial charge in [-0.3, -0.25) is 9.79 Å². The molecule has 2 aliphatic rings. The fourth-order valence-corrected chi connectivity index (χ4v) is 2.91. The predicted molar refractivity (Wildman–Crippen MR) is 97.3 cm³/mol. The van der Waals surface area contributed by atoms with E-state index in [2.05, 4.69) is 10.3 Å². The summed E-state index contributed by atoms with van der Waals surface area (Å²) in [5, 5.41) is 2.82. The molecule has 26 heavy (non-hydrogen) atoms. The number of hydrogen-bond donors (Lipinski definition) is 1. The van der Waals surface area contributed by atoms with E-state index in [1.54, 1.807) is 48.3 Å². The topological polar surface area (TPSA) is 64.8 Å². The van der Waals surface area contributed by atoms with E-state index in [-0.39, 0.29) is 18.5 Å². The summed E-state index contributed by atoms with van der Waals surface area (Å²) >= 11 is 0. The van der Waals surface area contributed by atoms with Gasteiger partial charge in [-0.05, 0) is 30.3 Å². The van der Waals surface area contributed by atoms with Crippen molar-refractivity contribution in [3.63, 3.8) is 0 Å². The molecular formula is C19H17FN4O2. The van der Waals surface area contributed by atoms with Crippen molar-refractivity contribution in [2.45, 2.75) is 0 Å². The molecule has 0 saturated carbocycles. The minimum atomic E-state index is -0.410. The van der Waals surface area contributed by atoms with Gasteiger partial charge in [0.2, 0.25) is 5.91 Å². The van der Waals surface area contributed by atoms with Crippen molar-refractivity contribution in [1.82, 2.24) is 4.90 Å². The summed E-state index contributed by atoms with van der Waals surface area (Å²) in [5.41, 5.74) is 2.53. The molecule has 0 aliphatic carbocycles. The van der Waals surface area contributed by atoms with Crippen LogP contribution in [0.2, 0.25) is 0 Å². The molecular weight excluding hydrogens is 335 g/mol. The van der Waals surface area contributed by atoms with Gasteiger partial charge >= 0.3 is 6.03 Å². The summed E-state index contributed by atoms with van der Waals surface area (Å²) in [4.78, 5) is 31.8. The third-order valence-corrected chi connectivity index (χ3v) is 4.47. The van der Waals surface area contributed by atoms with Crippen molar-refractivity contribution < 1.29 is 14.0 Å². The number of urea groups is 1. The maximum atomic E-state index is 14.4. The van der Waals surface area contributed by atoms with Crippen LogP contribution in [0.1, 0.15) is 11.1 Å². The minimum absolute atomic E-state index is 0.0652. The number of likely N-dealkylation sites (N-methyl/N-ethyl adjacent to an activating group) is 1. The molecule has 0 radical (unpaired) electrons. The van der Waals surface area contributed by atoms with Crippen LogP contribution in [0.5, 0.6) is 0 Å². The molecule has 2 aromatic carbocycles. The van der Waals surface area contributed by atoms with Crippen LogP contribution >= 0.6 is 0 Å². The van der Waals surface area contributed by atoms with Crippen molar-refractivity contribution in [3.05, 3.63) is 59.4 Å². The molecule has 132 valence electrons. The van der Waals surface area contributed by atoms with Crippen LogP contribution in [0.25, 0.3) is 0 Å². The molecule has 1 N–H and O–H groups in total. The number of halogens is 1. The predicted octanol–water partition coefficient (Wildman–Crippen LogP) is 2.49. The number of benzodiazepines with no additional fused rings is 1. The molecule has 1 saturated heterocycles. The zero-order valence-electron chi connectivity index (χ0n) is 14.2. The lowest BCUT2D eigenvalue weighted by atomic mass is 9.99. The Kier molecular flexibility index (Phi) is 3.91. The third-order valence-electron chi connectivity index (χ3n) is 4.47. The third kappa shape index (κ3) is 2.92. The molecule has 0 aromatic heterocycles. The molecule has 1 fully saturated rings. The second kappa shape index (κ2) is 6.25. The van der Waals surface area contributed by atoms with Gasteiger partial charge in [0.15, 0.2) is 0 Å². The molecule has 2 aliphatic heterocycles. The van der Waals surface area contributed by atoms with Gasteiger partial charge in [-0.25, -0.2) is 9.18 Å². The largest absolute Gasteiger partial charge is 0.321 e. The van der Waals surface area contributed by atoms with Gasteiger partial charge in [0.25, 0.3) is 0 Å². The first-order valence-electron chi connectivity index (χ1n) is 8.31. The zero-order valence-corrected chi connectivity index (χ0v) is 14.2. The SMILES string of the molecule is CN1C(=O)CN=C(c2ccccc2F)c2cc(NC(=O)N3CC3)ccc21. The lowest BCUT2D eigenvalue weighted by Gasteiger charge is -2.19. The van der Waals surface area contributed by atoms with E-state index in [9.17, 15) is 14.0 Å². The Balaban J connectivity index is 1.81. The molecule has 3 amide bonds. The van der Waals surface area contributed by atoms with Crippen LogP contribution in [0.3, 0.4) is 0 Å². The normalized spacial score (nSPS) is 15.9. The van der Waals surface area contributed by atoms with E-state index < -0.39 is 5.82 Å². The van der Waals surface area contributed by atoms with Crippen LogP contribution in [0, 0.1) is 5.82 Å². The van der Waals surface area contributed by atoms with Crippen molar-refractivity contribution in [2.24, 2.45) is 4.99 Å². The highest BCUT2D eigenvalue weighted by atomic mass is 19.1. The highest BCUT2D eigenvalue weighted by Gasteiger charge is 2.26. The van der Waals surface area contributed by atoms with Crippen LogP contribution in [0.4, 0.5) is 20.6 Å². The summed E-state index contributed by atoms with van der Waals surface area (Å²) in [6, 6.07) is 11.4. The van der Waals surface area contributed by atoms with Crippen LogP contribution in [-0.4, -0.2) is 49.2 Å². The molecule has 2 aromatic rings. The van der Waals surface area contributed by atoms with E-state index >= 15 is 0 Å². The van der Waals surface area contributed by atoms with Crippen molar-refractivity contribution in [1.29, 1.82) is 0 Å². The van der Waals surface area contributed by atoms with Crippen LogP contribution in [0.15, 0.2) is 47.5 Å². The second-order valence-corrected chi connectivity index (χ2v) is 6.25. The van der Waals surface area contributed by atoms with Gasteiger partial charge < -0.3 is 15.1 Å². The number of nitrogens with one attached hydrogen (secondary N) is 1. The Hall–Kier alpha value is -3.22. The standard InChI is InChI=1S/C19H17FN4O2/c1-23-16-7-6-12(22-19(26)24-8-9-24)10-14(16)18(21-11-17(23)25)13-4-2-3-5-15(13)20/h2-7,10H,8-9,11H2,1H3,(H,22,26). The number of aliphatic imine (C=N–C) groups is 1. The molecule has 0 bridgehead atoms. The highest BCUT2D eigenvalue weighted by Crippen LogP contribution is 2.30. The first kappa shape index (κ1) is 16.3. The molecule has 2 heterocycles. The van der Waals surface area contributed by atoms with Crippen LogP contribution < -0.4 is 10.2 Å². The van der Waals surface area contributed by atoms with Gasteiger partial charge in [-0.15, -0.1) is 0 Å². The Labute approximate surface area is 149 Å². The average molecular weight is 352 g/mol. The molecule has 6 nitrogen and oxygen atoms in total. The fraction of sp³-hybridized carbons (Fsp3) is 0.211. The van der Waals surface area contributed by atoms with E-state index in [1.165, 1.54) is 11.0 Å². The van der Waals surface area contributed by atoms with E-state index in [0.29, 0.717) is 28.2 Å². The first-order chi connectivity index (χ1) is 12.5. The second-order valence-electron chi connectivity index (χ2n) is 6.25. The Morgan fingerprint density at radius 1 is 1.15 bits per heavy atom. The lowest BCUT2D eigenvalue weighted by Crippen LogP contribution is -2.28.